The summed E-state index contributed by atoms with van der Waals surface area (Å²) in [4.78, 5) is 2.57. The van der Waals surface area contributed by atoms with Crippen LogP contribution in [0.5, 0.6) is 5.75 Å². The van der Waals surface area contributed by atoms with Gasteiger partial charge in [0.15, 0.2) is 0 Å². The van der Waals surface area contributed by atoms with Crippen LogP contribution < -0.4 is 4.74 Å². The molecule has 2 bridgehead atoms. The van der Waals surface area contributed by atoms with Crippen LogP contribution in [0.25, 0.3) is 0 Å². The van der Waals surface area contributed by atoms with Crippen molar-refractivity contribution in [2.24, 2.45) is 0 Å². The van der Waals surface area contributed by atoms with Crippen LogP contribution in [0, 0.1) is 0 Å². The van der Waals surface area contributed by atoms with E-state index in [1.807, 2.05) is 0 Å². The Kier molecular flexibility index (Phi) is 4.64. The van der Waals surface area contributed by atoms with E-state index in [2.05, 4.69) is 57.4 Å². The molecule has 0 radical (unpaired) electrons. The first-order valence-corrected chi connectivity index (χ1v) is 10.6. The maximum atomic E-state index is 6.18. The molecule has 2 aromatic rings. The Morgan fingerprint density at radius 1 is 1.00 bits per heavy atom. The molecular formula is C22H30N4O. The summed E-state index contributed by atoms with van der Waals surface area (Å²) in [5, 5.41) is 8.84. The standard InChI is InChI=1S/C22H30N4O/c1-25-18-10-11-19(25)13-20(12-18)26-14-17(23-24-26)15-27-22-9-5-4-8-21(22)16-6-2-3-7-16/h4-5,8-9,14,16,18-20H,2-3,6-7,10-13,15H2,1H3/t18-,19+,20?. The van der Waals surface area contributed by atoms with Crippen LogP contribution in [-0.4, -0.2) is 39.0 Å². The van der Waals surface area contributed by atoms with Crippen LogP contribution in [0.4, 0.5) is 0 Å². The molecule has 0 N–H and O–H groups in total. The molecule has 27 heavy (non-hydrogen) atoms. The van der Waals surface area contributed by atoms with E-state index in [0.29, 0.717) is 18.6 Å². The van der Waals surface area contributed by atoms with Gasteiger partial charge in [0.05, 0.1) is 12.2 Å². The minimum Gasteiger partial charge on any atom is -0.487 e. The van der Waals surface area contributed by atoms with E-state index in [1.165, 1.54) is 56.9 Å². The fraction of sp³-hybridized carbons (Fsp3) is 0.636. The Morgan fingerprint density at radius 2 is 1.74 bits per heavy atom. The Labute approximate surface area is 161 Å². The van der Waals surface area contributed by atoms with Crippen molar-refractivity contribution in [1.29, 1.82) is 0 Å². The number of benzene rings is 1. The lowest BCUT2D eigenvalue weighted by molar-refractivity contribution is 0.130. The SMILES string of the molecule is CN1[C@@H]2CC[C@H]1CC(n1cc(COc3ccccc3C3CCCC3)nn1)C2. The van der Waals surface area contributed by atoms with E-state index in [1.54, 1.807) is 0 Å². The number of hydrogen-bond acceptors (Lipinski definition) is 4. The van der Waals surface area contributed by atoms with Gasteiger partial charge in [-0.25, -0.2) is 4.68 Å². The van der Waals surface area contributed by atoms with Crippen molar-refractivity contribution < 1.29 is 4.74 Å². The van der Waals surface area contributed by atoms with Crippen molar-refractivity contribution in [2.45, 2.75) is 82.0 Å². The summed E-state index contributed by atoms with van der Waals surface area (Å²) in [6.45, 7) is 0.503. The van der Waals surface area contributed by atoms with Gasteiger partial charge < -0.3 is 9.64 Å². The molecule has 1 aromatic heterocycles. The summed E-state index contributed by atoms with van der Waals surface area (Å²) in [5.41, 5.74) is 2.30. The summed E-state index contributed by atoms with van der Waals surface area (Å²) < 4.78 is 8.28. The summed E-state index contributed by atoms with van der Waals surface area (Å²) in [7, 11) is 2.28. The Bertz CT molecular complexity index is 768. The largest absolute Gasteiger partial charge is 0.487 e. The molecule has 1 aliphatic carbocycles. The Balaban J connectivity index is 1.24. The van der Waals surface area contributed by atoms with E-state index in [4.69, 9.17) is 4.74 Å². The molecule has 3 atom stereocenters. The number of rotatable bonds is 5. The van der Waals surface area contributed by atoms with Crippen molar-refractivity contribution in [3.8, 4) is 5.75 Å². The van der Waals surface area contributed by atoms with Crippen molar-refractivity contribution in [3.63, 3.8) is 0 Å². The highest BCUT2D eigenvalue weighted by Crippen LogP contribution is 2.40. The molecule has 144 valence electrons. The van der Waals surface area contributed by atoms with Gasteiger partial charge in [0.1, 0.15) is 18.1 Å². The number of fused-ring (bicyclic) bond motifs is 2. The van der Waals surface area contributed by atoms with Gasteiger partial charge in [0, 0.05) is 12.1 Å². The monoisotopic (exact) mass is 366 g/mol. The van der Waals surface area contributed by atoms with E-state index < -0.39 is 0 Å². The molecular weight excluding hydrogens is 336 g/mol. The highest BCUT2D eigenvalue weighted by atomic mass is 16.5. The summed E-state index contributed by atoms with van der Waals surface area (Å²) in [6, 6.07) is 10.5. The highest BCUT2D eigenvalue weighted by Gasteiger charge is 2.39. The van der Waals surface area contributed by atoms with Gasteiger partial charge >= 0.3 is 0 Å². The molecule has 5 rings (SSSR count). The van der Waals surface area contributed by atoms with Crippen molar-refractivity contribution in [1.82, 2.24) is 19.9 Å². The lowest BCUT2D eigenvalue weighted by Gasteiger charge is -2.36. The zero-order valence-corrected chi connectivity index (χ0v) is 16.3. The number of nitrogens with zero attached hydrogens (tertiary/aromatic N) is 4. The Morgan fingerprint density at radius 3 is 2.52 bits per heavy atom. The fourth-order valence-corrected chi connectivity index (χ4v) is 5.49. The molecule has 3 fully saturated rings. The predicted molar refractivity (Wildman–Crippen MR) is 105 cm³/mol. The smallest absolute Gasteiger partial charge is 0.134 e. The number of ether oxygens (including phenoxy) is 1. The van der Waals surface area contributed by atoms with Gasteiger partial charge in [-0.1, -0.05) is 36.3 Å². The third kappa shape index (κ3) is 3.38. The van der Waals surface area contributed by atoms with Gasteiger partial charge in [0.25, 0.3) is 0 Å². The lowest BCUT2D eigenvalue weighted by Crippen LogP contribution is -2.40. The summed E-state index contributed by atoms with van der Waals surface area (Å²) in [5.74, 6) is 1.68. The molecule has 2 aliphatic heterocycles. The van der Waals surface area contributed by atoms with Gasteiger partial charge in [0.2, 0.25) is 0 Å². The molecule has 0 amide bonds. The van der Waals surface area contributed by atoms with Crippen LogP contribution >= 0.6 is 0 Å². The number of piperidine rings is 1. The first kappa shape index (κ1) is 17.2. The van der Waals surface area contributed by atoms with Gasteiger partial charge in [-0.05, 0) is 63.1 Å². The van der Waals surface area contributed by atoms with E-state index in [9.17, 15) is 0 Å². The molecule has 5 heteroatoms. The first-order valence-electron chi connectivity index (χ1n) is 10.6. The van der Waals surface area contributed by atoms with Crippen molar-refractivity contribution in [2.75, 3.05) is 7.05 Å². The number of para-hydroxylation sites is 1. The molecule has 1 saturated carbocycles. The summed E-state index contributed by atoms with van der Waals surface area (Å²) in [6.07, 6.45) is 12.4. The minimum absolute atomic E-state index is 0.491. The van der Waals surface area contributed by atoms with E-state index >= 15 is 0 Å². The van der Waals surface area contributed by atoms with E-state index in [-0.39, 0.29) is 0 Å². The van der Waals surface area contributed by atoms with Crippen LogP contribution in [0.15, 0.2) is 30.5 Å². The average molecular weight is 367 g/mol. The average Bonchev–Trinajstić information content (AvgIpc) is 3.41. The van der Waals surface area contributed by atoms with Crippen LogP contribution in [0.1, 0.15) is 74.6 Å². The van der Waals surface area contributed by atoms with E-state index in [0.717, 1.165) is 23.5 Å². The normalized spacial score (nSPS) is 28.7. The highest BCUT2D eigenvalue weighted by molar-refractivity contribution is 5.36. The van der Waals surface area contributed by atoms with Crippen molar-refractivity contribution >= 4 is 0 Å². The first-order chi connectivity index (χ1) is 13.3. The Hall–Kier alpha value is -1.88. The molecule has 3 aliphatic rings. The van der Waals surface area contributed by atoms with Crippen molar-refractivity contribution in [3.05, 3.63) is 41.7 Å². The zero-order chi connectivity index (χ0) is 18.2. The van der Waals surface area contributed by atoms with Gasteiger partial charge in [-0.15, -0.1) is 5.10 Å². The molecule has 0 spiro atoms. The topological polar surface area (TPSA) is 43.2 Å². The predicted octanol–water partition coefficient (Wildman–Crippen LogP) is 4.31. The summed E-state index contributed by atoms with van der Waals surface area (Å²) >= 11 is 0. The molecule has 5 nitrogen and oxygen atoms in total. The quantitative estimate of drug-likeness (QED) is 0.791. The molecule has 1 unspecified atom stereocenters. The second-order valence-electron chi connectivity index (χ2n) is 8.67. The molecule has 3 heterocycles. The number of aromatic nitrogens is 3. The lowest BCUT2D eigenvalue weighted by atomic mass is 9.97. The van der Waals surface area contributed by atoms with Gasteiger partial charge in [-0.2, -0.15) is 0 Å². The second kappa shape index (κ2) is 7.27. The van der Waals surface area contributed by atoms with Gasteiger partial charge in [-0.3, -0.25) is 0 Å². The van der Waals surface area contributed by atoms with Crippen LogP contribution in [0.2, 0.25) is 0 Å². The number of hydrogen-bond donors (Lipinski definition) is 0. The maximum Gasteiger partial charge on any atom is 0.134 e. The third-order valence-corrected chi connectivity index (χ3v) is 7.09. The molecule has 2 saturated heterocycles. The maximum absolute atomic E-state index is 6.18. The zero-order valence-electron chi connectivity index (χ0n) is 16.3. The molecule has 1 aromatic carbocycles. The third-order valence-electron chi connectivity index (χ3n) is 7.09. The minimum atomic E-state index is 0.491. The van der Waals surface area contributed by atoms with Crippen LogP contribution in [-0.2, 0) is 6.61 Å². The van der Waals surface area contributed by atoms with Crippen LogP contribution in [0.3, 0.4) is 0 Å². The second-order valence-corrected chi connectivity index (χ2v) is 8.67. The fourth-order valence-electron chi connectivity index (χ4n) is 5.49.